The number of aliphatic hydroxyl groups excluding tert-OH is 1. The number of aryl methyl sites for hydroxylation is 3. The molecule has 0 amide bonds. The summed E-state index contributed by atoms with van der Waals surface area (Å²) < 4.78 is 0. The van der Waals surface area contributed by atoms with Crippen molar-refractivity contribution >= 4 is 10.9 Å². The van der Waals surface area contributed by atoms with Crippen LogP contribution in [0.3, 0.4) is 0 Å². The second kappa shape index (κ2) is 7.86. The summed E-state index contributed by atoms with van der Waals surface area (Å²) in [7, 11) is 0. The molecule has 2 fully saturated rings. The van der Waals surface area contributed by atoms with Gasteiger partial charge in [0.05, 0.1) is 11.6 Å². The molecule has 2 aliphatic heterocycles. The molecule has 1 atom stereocenters. The lowest BCUT2D eigenvalue weighted by Gasteiger charge is -2.41. The van der Waals surface area contributed by atoms with Gasteiger partial charge in [0.25, 0.3) is 0 Å². The standard InChI is InChI=1S/C23H33N3O/c1-16-6-7-22-19(13-17(2)24-23(22)18(16)3)14-25-11-8-20(9-12-25)26-10-4-5-21(27)15-26/h6-7,13,20-21,27H,4-5,8-12,14-15H2,1-3H3. The van der Waals surface area contributed by atoms with Crippen molar-refractivity contribution in [2.75, 3.05) is 26.2 Å². The van der Waals surface area contributed by atoms with Gasteiger partial charge in [0.2, 0.25) is 0 Å². The highest BCUT2D eigenvalue weighted by Crippen LogP contribution is 2.27. The van der Waals surface area contributed by atoms with Crippen molar-refractivity contribution in [2.45, 2.75) is 65.1 Å². The van der Waals surface area contributed by atoms with Crippen molar-refractivity contribution in [1.82, 2.24) is 14.8 Å². The summed E-state index contributed by atoms with van der Waals surface area (Å²) in [5.41, 5.74) is 6.31. The molecule has 1 N–H and O–H groups in total. The first-order valence-corrected chi connectivity index (χ1v) is 10.5. The molecule has 0 radical (unpaired) electrons. The van der Waals surface area contributed by atoms with Crippen LogP contribution < -0.4 is 0 Å². The predicted octanol–water partition coefficient (Wildman–Crippen LogP) is 3.58. The smallest absolute Gasteiger partial charge is 0.0740 e. The Labute approximate surface area is 163 Å². The Balaban J connectivity index is 1.45. The lowest BCUT2D eigenvalue weighted by Crippen LogP contribution is -2.49. The SMILES string of the molecule is Cc1cc(CN2CCC(N3CCCC(O)C3)CC2)c2ccc(C)c(C)c2n1. The van der Waals surface area contributed by atoms with Gasteiger partial charge in [0, 0.05) is 30.2 Å². The van der Waals surface area contributed by atoms with Crippen molar-refractivity contribution < 1.29 is 5.11 Å². The number of likely N-dealkylation sites (tertiary alicyclic amines) is 2. The minimum absolute atomic E-state index is 0.116. The number of nitrogens with zero attached hydrogens (tertiary/aromatic N) is 3. The van der Waals surface area contributed by atoms with Crippen LogP contribution in [0.2, 0.25) is 0 Å². The maximum atomic E-state index is 9.97. The number of hydrogen-bond donors (Lipinski definition) is 1. The first-order valence-electron chi connectivity index (χ1n) is 10.5. The number of rotatable bonds is 3. The van der Waals surface area contributed by atoms with Crippen molar-refractivity contribution in [3.05, 3.63) is 40.6 Å². The monoisotopic (exact) mass is 367 g/mol. The molecule has 2 aliphatic rings. The zero-order valence-corrected chi connectivity index (χ0v) is 17.0. The van der Waals surface area contributed by atoms with Gasteiger partial charge in [0.15, 0.2) is 0 Å². The van der Waals surface area contributed by atoms with Gasteiger partial charge in [-0.15, -0.1) is 0 Å². The fourth-order valence-corrected chi connectivity index (χ4v) is 4.87. The maximum Gasteiger partial charge on any atom is 0.0740 e. The topological polar surface area (TPSA) is 39.6 Å². The highest BCUT2D eigenvalue weighted by molar-refractivity contribution is 5.86. The number of β-amino-alcohol motifs (C(OH)–C–C–N with tert-alkyl or cyclic N) is 1. The predicted molar refractivity (Wildman–Crippen MR) is 111 cm³/mol. The van der Waals surface area contributed by atoms with Crippen LogP contribution in [-0.4, -0.2) is 58.2 Å². The van der Waals surface area contributed by atoms with E-state index in [0.717, 1.165) is 51.3 Å². The molecule has 2 aromatic rings. The summed E-state index contributed by atoms with van der Waals surface area (Å²) in [6.07, 6.45) is 4.43. The molecular formula is C23H33N3O. The van der Waals surface area contributed by atoms with Gasteiger partial charge in [-0.2, -0.15) is 0 Å². The molecule has 0 spiro atoms. The average molecular weight is 368 g/mol. The lowest BCUT2D eigenvalue weighted by atomic mass is 9.97. The van der Waals surface area contributed by atoms with E-state index in [1.54, 1.807) is 0 Å². The summed E-state index contributed by atoms with van der Waals surface area (Å²) in [4.78, 5) is 9.95. The van der Waals surface area contributed by atoms with Crippen molar-refractivity contribution in [1.29, 1.82) is 0 Å². The Morgan fingerprint density at radius 2 is 1.85 bits per heavy atom. The number of pyridine rings is 1. The molecule has 2 saturated heterocycles. The largest absolute Gasteiger partial charge is 0.392 e. The van der Waals surface area contributed by atoms with E-state index in [1.807, 2.05) is 0 Å². The number of benzene rings is 1. The quantitative estimate of drug-likeness (QED) is 0.900. The summed E-state index contributed by atoms with van der Waals surface area (Å²) in [5.74, 6) is 0. The minimum Gasteiger partial charge on any atom is -0.392 e. The van der Waals surface area contributed by atoms with Crippen LogP contribution in [-0.2, 0) is 6.54 Å². The molecule has 1 aromatic carbocycles. The first-order chi connectivity index (χ1) is 13.0. The molecule has 0 saturated carbocycles. The molecule has 0 bridgehead atoms. The number of aliphatic hydroxyl groups is 1. The second-order valence-corrected chi connectivity index (χ2v) is 8.62. The molecule has 4 heteroatoms. The maximum absolute atomic E-state index is 9.97. The van der Waals surface area contributed by atoms with Crippen molar-refractivity contribution in [3.63, 3.8) is 0 Å². The van der Waals surface area contributed by atoms with Gasteiger partial charge in [-0.3, -0.25) is 14.8 Å². The molecule has 4 nitrogen and oxygen atoms in total. The van der Waals surface area contributed by atoms with Crippen LogP contribution in [0.5, 0.6) is 0 Å². The highest BCUT2D eigenvalue weighted by Gasteiger charge is 2.28. The van der Waals surface area contributed by atoms with Crippen LogP contribution >= 0.6 is 0 Å². The number of piperidine rings is 2. The van der Waals surface area contributed by atoms with E-state index in [-0.39, 0.29) is 6.10 Å². The van der Waals surface area contributed by atoms with Gasteiger partial charge < -0.3 is 5.11 Å². The summed E-state index contributed by atoms with van der Waals surface area (Å²) in [5, 5.41) is 11.3. The van der Waals surface area contributed by atoms with Gasteiger partial charge >= 0.3 is 0 Å². The van der Waals surface area contributed by atoms with E-state index >= 15 is 0 Å². The first kappa shape index (κ1) is 18.9. The Kier molecular flexibility index (Phi) is 5.49. The number of hydrogen-bond acceptors (Lipinski definition) is 4. The summed E-state index contributed by atoms with van der Waals surface area (Å²) in [6.45, 7) is 11.8. The zero-order valence-electron chi connectivity index (χ0n) is 17.0. The Bertz CT molecular complexity index is 811. The van der Waals surface area contributed by atoms with E-state index in [9.17, 15) is 5.11 Å². The Morgan fingerprint density at radius 1 is 1.07 bits per heavy atom. The van der Waals surface area contributed by atoms with E-state index < -0.39 is 0 Å². The lowest BCUT2D eigenvalue weighted by molar-refractivity contribution is 0.0244. The molecule has 0 aliphatic carbocycles. The van der Waals surface area contributed by atoms with E-state index in [2.05, 4.69) is 48.8 Å². The van der Waals surface area contributed by atoms with Crippen LogP contribution in [0.25, 0.3) is 10.9 Å². The van der Waals surface area contributed by atoms with Crippen molar-refractivity contribution in [2.24, 2.45) is 0 Å². The molecule has 1 aromatic heterocycles. The molecule has 146 valence electrons. The number of fused-ring (bicyclic) bond motifs is 1. The van der Waals surface area contributed by atoms with Crippen LogP contribution in [0.15, 0.2) is 18.2 Å². The van der Waals surface area contributed by atoms with Gasteiger partial charge in [-0.05, 0) is 88.8 Å². The molecule has 4 rings (SSSR count). The third kappa shape index (κ3) is 4.03. The Morgan fingerprint density at radius 3 is 2.59 bits per heavy atom. The van der Waals surface area contributed by atoms with Crippen LogP contribution in [0, 0.1) is 20.8 Å². The fraction of sp³-hybridized carbons (Fsp3) is 0.609. The summed E-state index contributed by atoms with van der Waals surface area (Å²) >= 11 is 0. The van der Waals surface area contributed by atoms with Gasteiger partial charge in [-0.1, -0.05) is 12.1 Å². The zero-order chi connectivity index (χ0) is 19.0. The third-order valence-electron chi connectivity index (χ3n) is 6.61. The second-order valence-electron chi connectivity index (χ2n) is 8.62. The van der Waals surface area contributed by atoms with Crippen molar-refractivity contribution in [3.8, 4) is 0 Å². The van der Waals surface area contributed by atoms with E-state index in [0.29, 0.717) is 6.04 Å². The molecular weight excluding hydrogens is 334 g/mol. The van der Waals surface area contributed by atoms with Crippen LogP contribution in [0.1, 0.15) is 48.1 Å². The third-order valence-corrected chi connectivity index (χ3v) is 6.61. The Hall–Kier alpha value is -1.49. The molecule has 27 heavy (non-hydrogen) atoms. The molecule has 1 unspecified atom stereocenters. The van der Waals surface area contributed by atoms with E-state index in [1.165, 1.54) is 40.4 Å². The molecule has 3 heterocycles. The fourth-order valence-electron chi connectivity index (χ4n) is 4.87. The van der Waals surface area contributed by atoms with E-state index in [4.69, 9.17) is 4.98 Å². The number of aromatic nitrogens is 1. The normalized spacial score (nSPS) is 23.2. The highest BCUT2D eigenvalue weighted by atomic mass is 16.3. The average Bonchev–Trinajstić information content (AvgIpc) is 2.66. The minimum atomic E-state index is -0.116. The van der Waals surface area contributed by atoms with Crippen LogP contribution in [0.4, 0.5) is 0 Å². The van der Waals surface area contributed by atoms with Gasteiger partial charge in [0.1, 0.15) is 0 Å². The summed E-state index contributed by atoms with van der Waals surface area (Å²) in [6, 6.07) is 7.40. The van der Waals surface area contributed by atoms with Gasteiger partial charge in [-0.25, -0.2) is 0 Å².